The summed E-state index contributed by atoms with van der Waals surface area (Å²) in [7, 11) is 0. The van der Waals surface area contributed by atoms with E-state index in [9.17, 15) is 4.79 Å². The number of fused-ring (bicyclic) bond motifs is 1. The number of hydrogen-bond acceptors (Lipinski definition) is 2. The molecule has 0 aliphatic heterocycles. The molecule has 0 aliphatic rings. The Morgan fingerprint density at radius 3 is 2.67 bits per heavy atom. The van der Waals surface area contributed by atoms with Gasteiger partial charge in [0, 0.05) is 5.56 Å². The van der Waals surface area contributed by atoms with E-state index in [2.05, 4.69) is 9.97 Å². The Balaban J connectivity index is 2.27. The van der Waals surface area contributed by atoms with Crippen molar-refractivity contribution < 1.29 is 4.79 Å². The minimum Gasteiger partial charge on any atom is -0.328 e. The normalized spacial score (nSPS) is 10.7. The fourth-order valence-corrected chi connectivity index (χ4v) is 2.18. The highest BCUT2D eigenvalue weighted by molar-refractivity contribution is 6.31. The van der Waals surface area contributed by atoms with Gasteiger partial charge in [0.05, 0.1) is 0 Å². The van der Waals surface area contributed by atoms with Crippen LogP contribution in [0.3, 0.4) is 0 Å². The molecular weight excluding hydrogens is 248 g/mol. The molecule has 0 saturated carbocycles. The van der Waals surface area contributed by atoms with Crippen molar-refractivity contribution in [2.75, 3.05) is 0 Å². The molecule has 0 atom stereocenters. The summed E-state index contributed by atoms with van der Waals surface area (Å²) in [6.45, 7) is 0. The summed E-state index contributed by atoms with van der Waals surface area (Å²) in [5, 5.41) is 2.46. The van der Waals surface area contributed by atoms with Crippen molar-refractivity contribution >= 4 is 28.7 Å². The Labute approximate surface area is 108 Å². The molecule has 3 aromatic rings. The molecule has 0 unspecified atom stereocenters. The molecule has 0 bridgehead atoms. The molecule has 0 radical (unpaired) electrons. The number of nitrogens with one attached hydrogen (secondary N) is 1. The molecule has 0 fully saturated rings. The third kappa shape index (κ3) is 1.69. The van der Waals surface area contributed by atoms with Gasteiger partial charge in [-0.05, 0) is 10.8 Å². The molecule has 18 heavy (non-hydrogen) atoms. The van der Waals surface area contributed by atoms with Crippen LogP contribution in [-0.4, -0.2) is 16.3 Å². The van der Waals surface area contributed by atoms with Crippen LogP contribution in [0, 0.1) is 0 Å². The summed E-state index contributed by atoms with van der Waals surface area (Å²) in [5.74, 6) is 0.610. The zero-order chi connectivity index (χ0) is 12.5. The van der Waals surface area contributed by atoms with Crippen LogP contribution < -0.4 is 0 Å². The number of carbonyl (C=O) groups excluding carboxylic acids is 1. The molecule has 1 N–H and O–H groups in total. The van der Waals surface area contributed by atoms with Crippen molar-refractivity contribution in [2.24, 2.45) is 0 Å². The maximum Gasteiger partial charge on any atom is 0.171 e. The smallest absolute Gasteiger partial charge is 0.171 e. The summed E-state index contributed by atoms with van der Waals surface area (Å²) in [4.78, 5) is 17.9. The lowest BCUT2D eigenvalue weighted by atomic mass is 10.0. The number of aldehydes is 1. The molecule has 88 valence electrons. The first-order chi connectivity index (χ1) is 8.79. The summed E-state index contributed by atoms with van der Waals surface area (Å²) < 4.78 is 0. The van der Waals surface area contributed by atoms with Crippen LogP contribution in [0.1, 0.15) is 10.5 Å². The highest BCUT2D eigenvalue weighted by Crippen LogP contribution is 2.28. The van der Waals surface area contributed by atoms with Gasteiger partial charge in [-0.3, -0.25) is 4.79 Å². The zero-order valence-electron chi connectivity index (χ0n) is 9.35. The number of benzene rings is 2. The second-order valence-electron chi connectivity index (χ2n) is 3.93. The number of rotatable bonds is 2. The van der Waals surface area contributed by atoms with Crippen LogP contribution in [0.25, 0.3) is 22.2 Å². The molecule has 0 spiro atoms. The molecule has 4 heteroatoms. The number of hydrogen-bond donors (Lipinski definition) is 1. The number of H-pyrrole nitrogens is 1. The number of aromatic nitrogens is 2. The van der Waals surface area contributed by atoms with Crippen molar-refractivity contribution in [3.8, 4) is 11.4 Å². The van der Waals surface area contributed by atoms with E-state index in [0.717, 1.165) is 16.3 Å². The summed E-state index contributed by atoms with van der Waals surface area (Å²) in [5.41, 5.74) is 1.17. The Morgan fingerprint density at radius 2 is 1.89 bits per heavy atom. The fraction of sp³-hybridized carbons (Fsp3) is 0. The van der Waals surface area contributed by atoms with Crippen molar-refractivity contribution in [2.45, 2.75) is 0 Å². The molecular formula is C14H9ClN2O. The maximum atomic E-state index is 10.8. The van der Waals surface area contributed by atoms with Crippen molar-refractivity contribution in [3.63, 3.8) is 0 Å². The van der Waals surface area contributed by atoms with Crippen LogP contribution in [0.5, 0.6) is 0 Å². The van der Waals surface area contributed by atoms with Gasteiger partial charge in [0.2, 0.25) is 0 Å². The van der Waals surface area contributed by atoms with Crippen LogP contribution in [0.4, 0.5) is 0 Å². The lowest BCUT2D eigenvalue weighted by molar-refractivity contribution is 0.111. The van der Waals surface area contributed by atoms with E-state index in [1.54, 1.807) is 0 Å². The van der Waals surface area contributed by atoms with Gasteiger partial charge in [-0.15, -0.1) is 0 Å². The van der Waals surface area contributed by atoms with Crippen LogP contribution in [-0.2, 0) is 0 Å². The number of carbonyl (C=O) groups is 1. The lowest BCUT2D eigenvalue weighted by Gasteiger charge is -2.03. The summed E-state index contributed by atoms with van der Waals surface area (Å²) in [6.07, 6.45) is 0.646. The van der Waals surface area contributed by atoms with E-state index < -0.39 is 0 Å². The van der Waals surface area contributed by atoms with Gasteiger partial charge in [0.25, 0.3) is 0 Å². The minimum absolute atomic E-state index is 0.236. The molecule has 0 saturated heterocycles. The average molecular weight is 257 g/mol. The second kappa shape index (κ2) is 4.27. The number of imidazole rings is 1. The largest absolute Gasteiger partial charge is 0.328 e. The molecule has 0 amide bonds. The van der Waals surface area contributed by atoms with Gasteiger partial charge in [-0.1, -0.05) is 54.1 Å². The van der Waals surface area contributed by atoms with E-state index in [1.165, 1.54) is 0 Å². The van der Waals surface area contributed by atoms with Crippen molar-refractivity contribution in [1.82, 2.24) is 9.97 Å². The third-order valence-corrected chi connectivity index (χ3v) is 3.13. The van der Waals surface area contributed by atoms with Gasteiger partial charge in [0.1, 0.15) is 16.7 Å². The quantitative estimate of drug-likeness (QED) is 0.711. The first kappa shape index (κ1) is 11.0. The third-order valence-electron chi connectivity index (χ3n) is 2.84. The summed E-state index contributed by atoms with van der Waals surface area (Å²) >= 11 is 5.90. The van der Waals surface area contributed by atoms with Crippen LogP contribution in [0.15, 0.2) is 42.5 Å². The van der Waals surface area contributed by atoms with Crippen LogP contribution in [0.2, 0.25) is 5.15 Å². The standard InChI is InChI=1S/C14H9ClN2O/c15-13-12(8-18)16-14(17-13)11-7-3-5-9-4-1-2-6-10(9)11/h1-8H,(H,16,17). The lowest BCUT2D eigenvalue weighted by Crippen LogP contribution is -1.84. The predicted octanol–water partition coefficient (Wildman–Crippen LogP) is 3.70. The monoisotopic (exact) mass is 256 g/mol. The Bertz CT molecular complexity index is 728. The average Bonchev–Trinajstić information content (AvgIpc) is 2.79. The highest BCUT2D eigenvalue weighted by atomic mass is 35.5. The highest BCUT2D eigenvalue weighted by Gasteiger charge is 2.11. The van der Waals surface area contributed by atoms with E-state index in [0.29, 0.717) is 12.1 Å². The first-order valence-corrected chi connectivity index (χ1v) is 5.86. The Morgan fingerprint density at radius 1 is 1.11 bits per heavy atom. The van der Waals surface area contributed by atoms with Gasteiger partial charge in [0.15, 0.2) is 6.29 Å². The fourth-order valence-electron chi connectivity index (χ4n) is 2.00. The van der Waals surface area contributed by atoms with Crippen LogP contribution >= 0.6 is 11.6 Å². The van der Waals surface area contributed by atoms with E-state index in [4.69, 9.17) is 11.6 Å². The molecule has 1 heterocycles. The first-order valence-electron chi connectivity index (χ1n) is 5.48. The van der Waals surface area contributed by atoms with Gasteiger partial charge in [-0.2, -0.15) is 0 Å². The molecule has 3 rings (SSSR count). The SMILES string of the molecule is O=Cc1nc(-c2cccc3ccccc23)[nH]c1Cl. The molecule has 2 aromatic carbocycles. The topological polar surface area (TPSA) is 45.8 Å². The second-order valence-corrected chi connectivity index (χ2v) is 4.31. The molecule has 0 aliphatic carbocycles. The van der Waals surface area contributed by atoms with Crippen molar-refractivity contribution in [1.29, 1.82) is 0 Å². The van der Waals surface area contributed by atoms with Crippen molar-refractivity contribution in [3.05, 3.63) is 53.3 Å². The maximum absolute atomic E-state index is 10.8. The summed E-state index contributed by atoms with van der Waals surface area (Å²) in [6, 6.07) is 13.9. The Hall–Kier alpha value is -2.13. The predicted molar refractivity (Wildman–Crippen MR) is 71.9 cm³/mol. The van der Waals surface area contributed by atoms with Gasteiger partial charge < -0.3 is 4.98 Å². The molecule has 1 aromatic heterocycles. The van der Waals surface area contributed by atoms with Gasteiger partial charge in [-0.25, -0.2) is 4.98 Å². The minimum atomic E-state index is 0.236. The van der Waals surface area contributed by atoms with E-state index in [1.807, 2.05) is 42.5 Å². The number of aromatic amines is 1. The number of halogens is 1. The van der Waals surface area contributed by atoms with Gasteiger partial charge >= 0.3 is 0 Å². The molecule has 3 nitrogen and oxygen atoms in total. The number of nitrogens with zero attached hydrogens (tertiary/aromatic N) is 1. The Kier molecular flexibility index (Phi) is 2.61. The zero-order valence-corrected chi connectivity index (χ0v) is 10.1. The van der Waals surface area contributed by atoms with E-state index >= 15 is 0 Å². The van der Waals surface area contributed by atoms with E-state index in [-0.39, 0.29) is 10.8 Å².